The molecular weight excluding hydrogens is 305 g/mol. The van der Waals surface area contributed by atoms with Gasteiger partial charge in [0.1, 0.15) is 11.6 Å². The summed E-state index contributed by atoms with van der Waals surface area (Å²) in [7, 11) is 1.62. The summed E-state index contributed by atoms with van der Waals surface area (Å²) < 4.78 is 18.5. The van der Waals surface area contributed by atoms with Gasteiger partial charge in [-0.1, -0.05) is 12.1 Å². The van der Waals surface area contributed by atoms with Crippen molar-refractivity contribution in [1.82, 2.24) is 0 Å². The standard InChI is InChI=1S/C20H20FNO2/c1-14-3-7-16-13-17(21)8-11-19(16)22(14)20(23)12-6-15-4-9-18(24-2)10-5-15/h4-6,8-14H,3,7H2,1-2H3. The van der Waals surface area contributed by atoms with Gasteiger partial charge < -0.3 is 9.64 Å². The van der Waals surface area contributed by atoms with Crippen LogP contribution in [-0.2, 0) is 11.2 Å². The van der Waals surface area contributed by atoms with Crippen molar-refractivity contribution >= 4 is 17.7 Å². The second-order valence-corrected chi connectivity index (χ2v) is 5.98. The number of nitrogens with zero attached hydrogens (tertiary/aromatic N) is 1. The molecule has 0 aliphatic carbocycles. The van der Waals surface area contributed by atoms with Crippen molar-refractivity contribution in [3.05, 3.63) is 65.5 Å². The van der Waals surface area contributed by atoms with E-state index in [9.17, 15) is 9.18 Å². The predicted molar refractivity (Wildman–Crippen MR) is 93.7 cm³/mol. The number of amides is 1. The Kier molecular flexibility index (Phi) is 4.65. The second kappa shape index (κ2) is 6.87. The molecule has 1 unspecified atom stereocenters. The molecule has 4 heteroatoms. The van der Waals surface area contributed by atoms with Gasteiger partial charge in [0.25, 0.3) is 5.91 Å². The maximum Gasteiger partial charge on any atom is 0.251 e. The molecule has 1 heterocycles. The van der Waals surface area contributed by atoms with E-state index in [0.29, 0.717) is 0 Å². The van der Waals surface area contributed by atoms with Crippen molar-refractivity contribution in [3.8, 4) is 5.75 Å². The fraction of sp³-hybridized carbons (Fsp3) is 0.250. The van der Waals surface area contributed by atoms with Gasteiger partial charge in [-0.15, -0.1) is 0 Å². The minimum atomic E-state index is -0.260. The molecular formula is C20H20FNO2. The summed E-state index contributed by atoms with van der Waals surface area (Å²) in [6.45, 7) is 2.02. The monoisotopic (exact) mass is 325 g/mol. The first kappa shape index (κ1) is 16.2. The summed E-state index contributed by atoms with van der Waals surface area (Å²) in [6, 6.07) is 12.2. The molecule has 2 aromatic rings. The molecule has 0 aromatic heterocycles. The number of rotatable bonds is 3. The molecule has 1 amide bonds. The van der Waals surface area contributed by atoms with Gasteiger partial charge in [-0.25, -0.2) is 4.39 Å². The fourth-order valence-corrected chi connectivity index (χ4v) is 3.02. The number of ether oxygens (including phenoxy) is 1. The Morgan fingerprint density at radius 1 is 1.25 bits per heavy atom. The van der Waals surface area contributed by atoms with Crippen LogP contribution >= 0.6 is 0 Å². The third-order valence-corrected chi connectivity index (χ3v) is 4.34. The average molecular weight is 325 g/mol. The molecule has 0 saturated heterocycles. The van der Waals surface area contributed by atoms with Crippen LogP contribution in [0.15, 0.2) is 48.5 Å². The highest BCUT2D eigenvalue weighted by Gasteiger charge is 2.27. The van der Waals surface area contributed by atoms with Gasteiger partial charge in [-0.3, -0.25) is 4.79 Å². The van der Waals surface area contributed by atoms with Crippen molar-refractivity contribution in [1.29, 1.82) is 0 Å². The Bertz CT molecular complexity index is 768. The number of carbonyl (C=O) groups is 1. The van der Waals surface area contributed by atoms with Crippen LogP contribution in [0.1, 0.15) is 24.5 Å². The van der Waals surface area contributed by atoms with Crippen molar-refractivity contribution in [3.63, 3.8) is 0 Å². The molecule has 24 heavy (non-hydrogen) atoms. The molecule has 0 fully saturated rings. The van der Waals surface area contributed by atoms with E-state index in [1.807, 2.05) is 31.2 Å². The van der Waals surface area contributed by atoms with Crippen LogP contribution in [0.2, 0.25) is 0 Å². The fourth-order valence-electron chi connectivity index (χ4n) is 3.02. The maximum atomic E-state index is 13.4. The quantitative estimate of drug-likeness (QED) is 0.791. The zero-order valence-corrected chi connectivity index (χ0v) is 13.8. The smallest absolute Gasteiger partial charge is 0.251 e. The van der Waals surface area contributed by atoms with E-state index in [1.54, 1.807) is 30.2 Å². The Balaban J connectivity index is 1.82. The van der Waals surface area contributed by atoms with Crippen molar-refractivity contribution in [2.45, 2.75) is 25.8 Å². The third-order valence-electron chi connectivity index (χ3n) is 4.34. The number of aryl methyl sites for hydroxylation is 1. The first-order chi connectivity index (χ1) is 11.6. The van der Waals surface area contributed by atoms with Crippen LogP contribution in [0.3, 0.4) is 0 Å². The number of hydrogen-bond donors (Lipinski definition) is 0. The first-order valence-electron chi connectivity index (χ1n) is 8.02. The summed E-state index contributed by atoms with van der Waals surface area (Å²) in [5.74, 6) is 0.425. The van der Waals surface area contributed by atoms with Gasteiger partial charge in [-0.05, 0) is 67.3 Å². The summed E-state index contributed by atoms with van der Waals surface area (Å²) >= 11 is 0. The average Bonchev–Trinajstić information content (AvgIpc) is 2.60. The number of anilines is 1. The molecule has 3 rings (SSSR count). The van der Waals surface area contributed by atoms with Crippen LogP contribution < -0.4 is 9.64 Å². The van der Waals surface area contributed by atoms with Gasteiger partial charge in [0.2, 0.25) is 0 Å². The summed E-state index contributed by atoms with van der Waals surface area (Å²) in [4.78, 5) is 14.4. The number of methoxy groups -OCH3 is 1. The van der Waals surface area contributed by atoms with Gasteiger partial charge in [0.15, 0.2) is 0 Å². The molecule has 0 N–H and O–H groups in total. The van der Waals surface area contributed by atoms with E-state index in [4.69, 9.17) is 4.74 Å². The van der Waals surface area contributed by atoms with E-state index in [1.165, 1.54) is 12.1 Å². The van der Waals surface area contributed by atoms with E-state index >= 15 is 0 Å². The summed E-state index contributed by atoms with van der Waals surface area (Å²) in [5, 5.41) is 0. The lowest BCUT2D eigenvalue weighted by Gasteiger charge is -2.34. The Morgan fingerprint density at radius 3 is 2.71 bits per heavy atom. The van der Waals surface area contributed by atoms with Gasteiger partial charge in [0, 0.05) is 17.8 Å². The van der Waals surface area contributed by atoms with Gasteiger partial charge in [-0.2, -0.15) is 0 Å². The zero-order chi connectivity index (χ0) is 17.1. The largest absolute Gasteiger partial charge is 0.497 e. The van der Waals surface area contributed by atoms with Crippen molar-refractivity contribution < 1.29 is 13.9 Å². The molecule has 0 saturated carbocycles. The lowest BCUT2D eigenvalue weighted by Crippen LogP contribution is -2.41. The zero-order valence-electron chi connectivity index (χ0n) is 13.8. The van der Waals surface area contributed by atoms with Crippen LogP contribution in [0.5, 0.6) is 5.75 Å². The van der Waals surface area contributed by atoms with Gasteiger partial charge in [0.05, 0.1) is 7.11 Å². The lowest BCUT2D eigenvalue weighted by molar-refractivity contribution is -0.114. The number of fused-ring (bicyclic) bond motifs is 1. The highest BCUT2D eigenvalue weighted by atomic mass is 19.1. The summed E-state index contributed by atoms with van der Waals surface area (Å²) in [6.07, 6.45) is 4.97. The van der Waals surface area contributed by atoms with Gasteiger partial charge >= 0.3 is 0 Å². The predicted octanol–water partition coefficient (Wildman–Crippen LogP) is 4.22. The third kappa shape index (κ3) is 3.32. The van der Waals surface area contributed by atoms with Crippen LogP contribution in [0.4, 0.5) is 10.1 Å². The number of benzene rings is 2. The normalized spacial score (nSPS) is 17.0. The molecule has 3 nitrogen and oxygen atoms in total. The molecule has 0 radical (unpaired) electrons. The molecule has 2 aromatic carbocycles. The molecule has 1 aliphatic heterocycles. The molecule has 1 aliphatic rings. The van der Waals surface area contributed by atoms with E-state index in [2.05, 4.69) is 0 Å². The van der Waals surface area contributed by atoms with E-state index < -0.39 is 0 Å². The van der Waals surface area contributed by atoms with Crippen LogP contribution in [0.25, 0.3) is 6.08 Å². The lowest BCUT2D eigenvalue weighted by atomic mass is 9.96. The first-order valence-corrected chi connectivity index (χ1v) is 8.02. The minimum absolute atomic E-state index is 0.0918. The van der Waals surface area contributed by atoms with Crippen molar-refractivity contribution in [2.75, 3.05) is 12.0 Å². The number of carbonyl (C=O) groups excluding carboxylic acids is 1. The van der Waals surface area contributed by atoms with Crippen molar-refractivity contribution in [2.24, 2.45) is 0 Å². The van der Waals surface area contributed by atoms with Crippen LogP contribution in [-0.4, -0.2) is 19.1 Å². The Labute approximate surface area is 141 Å². The molecule has 124 valence electrons. The topological polar surface area (TPSA) is 29.5 Å². The highest BCUT2D eigenvalue weighted by Crippen LogP contribution is 2.31. The Morgan fingerprint density at radius 2 is 2.00 bits per heavy atom. The SMILES string of the molecule is COc1ccc(C=CC(=O)N2c3ccc(F)cc3CCC2C)cc1. The van der Waals surface area contributed by atoms with E-state index in [0.717, 1.165) is 35.4 Å². The second-order valence-electron chi connectivity index (χ2n) is 5.98. The maximum absolute atomic E-state index is 13.4. The number of hydrogen-bond acceptors (Lipinski definition) is 2. The van der Waals surface area contributed by atoms with Crippen LogP contribution in [0, 0.1) is 5.82 Å². The highest BCUT2D eigenvalue weighted by molar-refractivity contribution is 6.05. The number of halogens is 1. The molecule has 0 bridgehead atoms. The van der Waals surface area contributed by atoms with E-state index in [-0.39, 0.29) is 17.8 Å². The molecule has 1 atom stereocenters. The molecule has 0 spiro atoms. The minimum Gasteiger partial charge on any atom is -0.497 e. The summed E-state index contributed by atoms with van der Waals surface area (Å²) in [5.41, 5.74) is 2.62. The Hall–Kier alpha value is -2.62.